The molecular weight excluding hydrogens is 822 g/mol. The number of unbranched alkanes of at least 4 members (excludes halogenated alkanes) is 32. The summed E-state index contributed by atoms with van der Waals surface area (Å²) >= 11 is 0. The molecule has 0 aromatic heterocycles. The minimum atomic E-state index is -4.38. The van der Waals surface area contributed by atoms with Gasteiger partial charge in [0, 0.05) is 12.8 Å². The van der Waals surface area contributed by atoms with Gasteiger partial charge in [0.1, 0.15) is 19.8 Å². The zero-order valence-electron chi connectivity index (χ0n) is 42.8. The van der Waals surface area contributed by atoms with Crippen molar-refractivity contribution < 1.29 is 42.1 Å². The summed E-state index contributed by atoms with van der Waals surface area (Å²) in [6, 6.07) is 0. The minimum Gasteiger partial charge on any atom is -0.462 e. The first-order valence-corrected chi connectivity index (χ1v) is 28.6. The van der Waals surface area contributed by atoms with Crippen molar-refractivity contribution in [3.63, 3.8) is 0 Å². The van der Waals surface area contributed by atoms with Crippen molar-refractivity contribution >= 4 is 19.8 Å². The number of rotatable bonds is 50. The van der Waals surface area contributed by atoms with Crippen molar-refractivity contribution in [3.8, 4) is 0 Å². The van der Waals surface area contributed by atoms with Gasteiger partial charge in [-0.15, -0.1) is 0 Å². The molecule has 0 rings (SSSR count). The normalized spacial score (nSPS) is 13.5. The number of ether oxygens (including phenoxy) is 2. The van der Waals surface area contributed by atoms with E-state index >= 15 is 0 Å². The van der Waals surface area contributed by atoms with Crippen LogP contribution in [-0.2, 0) is 32.7 Å². The highest BCUT2D eigenvalue weighted by molar-refractivity contribution is 7.47. The quantitative estimate of drug-likeness (QED) is 0.0211. The predicted molar refractivity (Wildman–Crippen MR) is 271 cm³/mol. The number of likely N-dealkylation sites (N-methyl/N-ethyl adjacent to an activating group) is 1. The molecular formula is C54H105NO8P+. The second-order valence-corrected chi connectivity index (χ2v) is 21.1. The number of hydrogen-bond donors (Lipinski definition) is 1. The molecule has 64 heavy (non-hydrogen) atoms. The molecule has 0 saturated carbocycles. The molecule has 9 nitrogen and oxygen atoms in total. The molecule has 0 spiro atoms. The van der Waals surface area contributed by atoms with E-state index in [1.54, 1.807) is 0 Å². The molecule has 10 heteroatoms. The van der Waals surface area contributed by atoms with Crippen LogP contribution in [0.5, 0.6) is 0 Å². The largest absolute Gasteiger partial charge is 0.472 e. The molecule has 0 amide bonds. The Hall–Kier alpha value is -1.51. The zero-order chi connectivity index (χ0) is 47.1. The minimum absolute atomic E-state index is 0.0309. The highest BCUT2D eigenvalue weighted by Crippen LogP contribution is 2.43. The van der Waals surface area contributed by atoms with Gasteiger partial charge in [-0.05, 0) is 38.5 Å². The fraction of sp³-hybridized carbons (Fsp3) is 0.889. The number of quaternary nitrogens is 1. The Morgan fingerprint density at radius 2 is 0.859 bits per heavy atom. The second kappa shape index (κ2) is 46.6. The molecule has 0 saturated heterocycles. The lowest BCUT2D eigenvalue weighted by molar-refractivity contribution is -0.870. The number of phosphoric acid groups is 1. The second-order valence-electron chi connectivity index (χ2n) is 19.6. The van der Waals surface area contributed by atoms with Crippen LogP contribution < -0.4 is 0 Å². The van der Waals surface area contributed by atoms with Crippen LogP contribution >= 0.6 is 7.82 Å². The van der Waals surface area contributed by atoms with Crippen LogP contribution in [0, 0.1) is 0 Å². The third-order valence-electron chi connectivity index (χ3n) is 12.0. The van der Waals surface area contributed by atoms with Gasteiger partial charge in [-0.2, -0.15) is 0 Å². The maximum Gasteiger partial charge on any atom is 0.472 e. The number of allylic oxidation sites excluding steroid dienone is 4. The fourth-order valence-electron chi connectivity index (χ4n) is 7.74. The smallest absolute Gasteiger partial charge is 0.462 e. The van der Waals surface area contributed by atoms with Crippen LogP contribution in [0.2, 0.25) is 0 Å². The van der Waals surface area contributed by atoms with E-state index in [-0.39, 0.29) is 25.6 Å². The fourth-order valence-corrected chi connectivity index (χ4v) is 8.48. The molecule has 0 heterocycles. The Morgan fingerprint density at radius 1 is 0.484 bits per heavy atom. The van der Waals surface area contributed by atoms with E-state index in [1.807, 2.05) is 21.1 Å². The van der Waals surface area contributed by atoms with Gasteiger partial charge in [-0.3, -0.25) is 18.6 Å². The number of hydrogen-bond acceptors (Lipinski definition) is 7. The van der Waals surface area contributed by atoms with Gasteiger partial charge in [0.2, 0.25) is 0 Å². The molecule has 0 aliphatic rings. The molecule has 2 atom stereocenters. The van der Waals surface area contributed by atoms with Gasteiger partial charge in [0.15, 0.2) is 6.10 Å². The maximum atomic E-state index is 12.7. The molecule has 0 aliphatic carbocycles. The highest BCUT2D eigenvalue weighted by atomic mass is 31.2. The molecule has 0 bridgehead atoms. The zero-order valence-corrected chi connectivity index (χ0v) is 43.7. The lowest BCUT2D eigenvalue weighted by Gasteiger charge is -2.24. The van der Waals surface area contributed by atoms with Crippen molar-refractivity contribution in [1.29, 1.82) is 0 Å². The van der Waals surface area contributed by atoms with Crippen molar-refractivity contribution in [2.75, 3.05) is 47.5 Å². The van der Waals surface area contributed by atoms with Gasteiger partial charge >= 0.3 is 19.8 Å². The van der Waals surface area contributed by atoms with Gasteiger partial charge in [0.25, 0.3) is 0 Å². The first-order valence-electron chi connectivity index (χ1n) is 27.1. The van der Waals surface area contributed by atoms with E-state index < -0.39 is 26.5 Å². The number of carbonyl (C=O) groups is 2. The highest BCUT2D eigenvalue weighted by Gasteiger charge is 2.27. The van der Waals surface area contributed by atoms with E-state index in [0.29, 0.717) is 23.9 Å². The van der Waals surface area contributed by atoms with Crippen LogP contribution in [0.15, 0.2) is 24.3 Å². The Bertz CT molecular complexity index is 1140. The summed E-state index contributed by atoms with van der Waals surface area (Å²) in [7, 11) is 1.48. The third kappa shape index (κ3) is 49.9. The average Bonchev–Trinajstić information content (AvgIpc) is 3.25. The van der Waals surface area contributed by atoms with Crippen molar-refractivity contribution in [3.05, 3.63) is 24.3 Å². The third-order valence-corrected chi connectivity index (χ3v) is 13.0. The van der Waals surface area contributed by atoms with Crippen LogP contribution in [0.3, 0.4) is 0 Å². The SMILES string of the molecule is CCCC/C=C\C/C=C\CCCCCCCC(=O)OC(COC(=O)CCCCCCCCCCCCCCCCCCCCCCCCCCCC)COP(=O)(O)OCC[N+](C)(C)C. The summed E-state index contributed by atoms with van der Waals surface area (Å²) in [5.41, 5.74) is 0. The van der Waals surface area contributed by atoms with E-state index in [2.05, 4.69) is 38.2 Å². The van der Waals surface area contributed by atoms with Gasteiger partial charge in [-0.1, -0.05) is 231 Å². The molecule has 0 radical (unpaired) electrons. The topological polar surface area (TPSA) is 108 Å². The van der Waals surface area contributed by atoms with Gasteiger partial charge < -0.3 is 18.9 Å². The molecule has 2 unspecified atom stereocenters. The van der Waals surface area contributed by atoms with Crippen molar-refractivity contribution in [2.24, 2.45) is 0 Å². The van der Waals surface area contributed by atoms with Crippen LogP contribution in [-0.4, -0.2) is 74.9 Å². The van der Waals surface area contributed by atoms with Crippen molar-refractivity contribution in [2.45, 2.75) is 264 Å². The molecule has 378 valence electrons. The molecule has 0 aromatic rings. The standard InChI is InChI=1S/C54H104NO8P/c1-6-8-10-12-14-16-18-20-22-23-24-25-26-27-28-29-30-31-32-33-35-36-38-40-42-44-46-53(56)60-50-52(51-62-64(58,59)61-49-48-55(3,4)5)63-54(57)47-45-43-41-39-37-34-21-19-17-15-13-11-9-7-2/h13,15,19,21,52H,6-12,14,16-18,20,22-51H2,1-5H3/p+1/b15-13-,21-19-. The first-order chi connectivity index (χ1) is 31.0. The van der Waals surface area contributed by atoms with Crippen LogP contribution in [0.1, 0.15) is 258 Å². The number of esters is 2. The van der Waals surface area contributed by atoms with E-state index in [4.69, 9.17) is 18.5 Å². The van der Waals surface area contributed by atoms with Gasteiger partial charge in [-0.25, -0.2) is 4.57 Å². The summed E-state index contributed by atoms with van der Waals surface area (Å²) in [6.07, 6.45) is 53.9. The van der Waals surface area contributed by atoms with Crippen LogP contribution in [0.25, 0.3) is 0 Å². The van der Waals surface area contributed by atoms with E-state index in [0.717, 1.165) is 64.2 Å². The summed E-state index contributed by atoms with van der Waals surface area (Å²) in [4.78, 5) is 35.5. The summed E-state index contributed by atoms with van der Waals surface area (Å²) in [5, 5.41) is 0. The molecule has 1 N–H and O–H groups in total. The number of carbonyl (C=O) groups excluding carboxylic acids is 2. The molecule has 0 aromatic carbocycles. The van der Waals surface area contributed by atoms with Gasteiger partial charge in [0.05, 0.1) is 27.7 Å². The predicted octanol–water partition coefficient (Wildman–Crippen LogP) is 16.3. The van der Waals surface area contributed by atoms with Crippen LogP contribution in [0.4, 0.5) is 0 Å². The lowest BCUT2D eigenvalue weighted by Crippen LogP contribution is -2.37. The Morgan fingerprint density at radius 3 is 1.28 bits per heavy atom. The summed E-state index contributed by atoms with van der Waals surface area (Å²) in [5.74, 6) is -0.802. The first kappa shape index (κ1) is 62.5. The number of nitrogens with zero attached hydrogens (tertiary/aromatic N) is 1. The van der Waals surface area contributed by atoms with E-state index in [9.17, 15) is 19.0 Å². The Kier molecular flexibility index (Phi) is 45.5. The number of phosphoric ester groups is 1. The van der Waals surface area contributed by atoms with E-state index in [1.165, 1.54) is 161 Å². The Labute approximate surface area is 396 Å². The maximum absolute atomic E-state index is 12.7. The average molecular weight is 927 g/mol. The van der Waals surface area contributed by atoms with Crippen molar-refractivity contribution in [1.82, 2.24) is 0 Å². The summed E-state index contributed by atoms with van der Waals surface area (Å²) in [6.45, 7) is 4.41. The Balaban J connectivity index is 4.09. The molecule has 0 fully saturated rings. The monoisotopic (exact) mass is 927 g/mol. The molecule has 0 aliphatic heterocycles. The lowest BCUT2D eigenvalue weighted by atomic mass is 10.0. The summed E-state index contributed by atoms with van der Waals surface area (Å²) < 4.78 is 34.4.